The van der Waals surface area contributed by atoms with Crippen LogP contribution in [-0.4, -0.2) is 32.9 Å². The Morgan fingerprint density at radius 1 is 1.41 bits per heavy atom. The van der Waals surface area contributed by atoms with Crippen LogP contribution < -0.4 is 10.1 Å². The zero-order valence-electron chi connectivity index (χ0n) is 10.4. The third kappa shape index (κ3) is 3.45. The molecule has 0 amide bonds. The zero-order valence-corrected chi connectivity index (χ0v) is 10.4. The second-order valence-electron chi connectivity index (χ2n) is 4.27. The molecule has 1 aliphatic rings. The lowest BCUT2D eigenvalue weighted by molar-refractivity contribution is 0.148. The van der Waals surface area contributed by atoms with Gasteiger partial charge in [-0.1, -0.05) is 18.2 Å². The Morgan fingerprint density at radius 3 is 3.18 bits per heavy atom. The van der Waals surface area contributed by atoms with Gasteiger partial charge in [0.2, 0.25) is 0 Å². The Morgan fingerprint density at radius 2 is 2.29 bits per heavy atom. The van der Waals surface area contributed by atoms with Gasteiger partial charge in [0.15, 0.2) is 0 Å². The fraction of sp³-hybridized carbons (Fsp3) is 0.571. The van der Waals surface area contributed by atoms with Crippen molar-refractivity contribution in [3.8, 4) is 5.75 Å². The highest BCUT2D eigenvalue weighted by Crippen LogP contribution is 2.32. The molecule has 1 aromatic rings. The molecular weight excluding hydrogens is 214 g/mol. The second kappa shape index (κ2) is 6.62. The van der Waals surface area contributed by atoms with E-state index in [9.17, 15) is 0 Å². The van der Waals surface area contributed by atoms with Gasteiger partial charge in [-0.15, -0.1) is 0 Å². The number of nitrogens with one attached hydrogen (secondary N) is 1. The molecule has 0 bridgehead atoms. The summed E-state index contributed by atoms with van der Waals surface area (Å²) in [6.07, 6.45) is 1.10. The van der Waals surface area contributed by atoms with Crippen molar-refractivity contribution in [2.45, 2.75) is 19.3 Å². The Labute approximate surface area is 103 Å². The van der Waals surface area contributed by atoms with E-state index in [-0.39, 0.29) is 0 Å². The molecule has 3 heteroatoms. The molecule has 0 saturated heterocycles. The molecule has 0 fully saturated rings. The van der Waals surface area contributed by atoms with Crippen LogP contribution in [0.15, 0.2) is 24.3 Å². The van der Waals surface area contributed by atoms with Crippen molar-refractivity contribution in [1.82, 2.24) is 5.32 Å². The first-order valence-electron chi connectivity index (χ1n) is 6.42. The van der Waals surface area contributed by atoms with Crippen LogP contribution in [0.1, 0.15) is 24.8 Å². The van der Waals surface area contributed by atoms with E-state index in [2.05, 4.69) is 23.5 Å². The van der Waals surface area contributed by atoms with Crippen LogP contribution in [0, 0.1) is 0 Å². The summed E-state index contributed by atoms with van der Waals surface area (Å²) >= 11 is 0. The molecular formula is C14H21NO2. The summed E-state index contributed by atoms with van der Waals surface area (Å²) in [7, 11) is 0. The van der Waals surface area contributed by atoms with Crippen molar-refractivity contribution >= 4 is 0 Å². The van der Waals surface area contributed by atoms with Gasteiger partial charge in [0, 0.05) is 25.6 Å². The van der Waals surface area contributed by atoms with Crippen molar-refractivity contribution in [3.05, 3.63) is 29.8 Å². The van der Waals surface area contributed by atoms with E-state index in [4.69, 9.17) is 9.47 Å². The predicted octanol–water partition coefficient (Wildman–Crippen LogP) is 2.18. The molecule has 1 aliphatic heterocycles. The fourth-order valence-electron chi connectivity index (χ4n) is 2.19. The molecule has 1 atom stereocenters. The Bertz CT molecular complexity index is 341. The van der Waals surface area contributed by atoms with Crippen LogP contribution in [0.25, 0.3) is 0 Å². The molecule has 1 aromatic carbocycles. The smallest absolute Gasteiger partial charge is 0.122 e. The summed E-state index contributed by atoms with van der Waals surface area (Å²) in [6.45, 7) is 6.37. The van der Waals surface area contributed by atoms with Crippen molar-refractivity contribution in [1.29, 1.82) is 0 Å². The van der Waals surface area contributed by atoms with Crippen molar-refractivity contribution in [2.75, 3.05) is 32.9 Å². The van der Waals surface area contributed by atoms with Crippen LogP contribution >= 0.6 is 0 Å². The van der Waals surface area contributed by atoms with Crippen LogP contribution in [0.5, 0.6) is 5.75 Å². The predicted molar refractivity (Wildman–Crippen MR) is 68.7 cm³/mol. The number of hydrogen-bond acceptors (Lipinski definition) is 3. The highest BCUT2D eigenvalue weighted by Gasteiger charge is 2.20. The lowest BCUT2D eigenvalue weighted by atomic mass is 9.93. The summed E-state index contributed by atoms with van der Waals surface area (Å²) in [4.78, 5) is 0. The minimum absolute atomic E-state index is 0.571. The van der Waals surface area contributed by atoms with Crippen molar-refractivity contribution in [2.24, 2.45) is 0 Å². The third-order valence-corrected chi connectivity index (χ3v) is 3.10. The zero-order chi connectivity index (χ0) is 11.9. The van der Waals surface area contributed by atoms with Gasteiger partial charge in [-0.3, -0.25) is 0 Å². The summed E-state index contributed by atoms with van der Waals surface area (Å²) in [5.74, 6) is 1.62. The summed E-state index contributed by atoms with van der Waals surface area (Å²) in [5.41, 5.74) is 1.34. The van der Waals surface area contributed by atoms with Gasteiger partial charge >= 0.3 is 0 Å². The second-order valence-corrected chi connectivity index (χ2v) is 4.27. The quantitative estimate of drug-likeness (QED) is 0.767. The van der Waals surface area contributed by atoms with E-state index >= 15 is 0 Å². The van der Waals surface area contributed by atoms with Crippen LogP contribution in [-0.2, 0) is 4.74 Å². The lowest BCUT2D eigenvalue weighted by Gasteiger charge is -2.26. The minimum Gasteiger partial charge on any atom is -0.493 e. The average molecular weight is 235 g/mol. The molecule has 3 nitrogen and oxygen atoms in total. The molecule has 2 rings (SSSR count). The maximum absolute atomic E-state index is 5.65. The molecule has 0 saturated carbocycles. The van der Waals surface area contributed by atoms with Crippen molar-refractivity contribution in [3.63, 3.8) is 0 Å². The number of benzene rings is 1. The Balaban J connectivity index is 1.82. The highest BCUT2D eigenvalue weighted by atomic mass is 16.5. The first kappa shape index (κ1) is 12.4. The average Bonchev–Trinajstić information content (AvgIpc) is 2.39. The molecule has 1 unspecified atom stereocenters. The topological polar surface area (TPSA) is 30.5 Å². The van der Waals surface area contributed by atoms with E-state index < -0.39 is 0 Å². The number of fused-ring (bicyclic) bond motifs is 1. The van der Waals surface area contributed by atoms with Gasteiger partial charge in [-0.2, -0.15) is 0 Å². The maximum Gasteiger partial charge on any atom is 0.122 e. The summed E-state index contributed by atoms with van der Waals surface area (Å²) in [5, 5.41) is 3.45. The van der Waals surface area contributed by atoms with Gasteiger partial charge in [0.25, 0.3) is 0 Å². The van der Waals surface area contributed by atoms with Gasteiger partial charge in [-0.25, -0.2) is 0 Å². The van der Waals surface area contributed by atoms with Gasteiger partial charge in [0.1, 0.15) is 5.75 Å². The van der Waals surface area contributed by atoms with E-state index in [0.717, 1.165) is 45.1 Å². The highest BCUT2D eigenvalue weighted by molar-refractivity contribution is 5.37. The monoisotopic (exact) mass is 235 g/mol. The summed E-state index contributed by atoms with van der Waals surface area (Å²) < 4.78 is 11.0. The molecule has 0 spiro atoms. The summed E-state index contributed by atoms with van der Waals surface area (Å²) in [6, 6.07) is 8.34. The molecule has 1 N–H and O–H groups in total. The van der Waals surface area contributed by atoms with Crippen LogP contribution in [0.3, 0.4) is 0 Å². The molecule has 94 valence electrons. The first-order chi connectivity index (χ1) is 8.42. The van der Waals surface area contributed by atoms with E-state index in [1.54, 1.807) is 0 Å². The van der Waals surface area contributed by atoms with E-state index in [0.29, 0.717) is 5.92 Å². The molecule has 0 aromatic heterocycles. The maximum atomic E-state index is 5.65. The molecule has 0 radical (unpaired) electrons. The third-order valence-electron chi connectivity index (χ3n) is 3.10. The first-order valence-corrected chi connectivity index (χ1v) is 6.42. The Kier molecular flexibility index (Phi) is 4.83. The van der Waals surface area contributed by atoms with Crippen molar-refractivity contribution < 1.29 is 9.47 Å². The van der Waals surface area contributed by atoms with Crippen LogP contribution in [0.4, 0.5) is 0 Å². The number of para-hydroxylation sites is 1. The van der Waals surface area contributed by atoms with E-state index in [1.807, 2.05) is 13.0 Å². The normalized spacial score (nSPS) is 18.5. The largest absolute Gasteiger partial charge is 0.493 e. The number of hydrogen-bond donors (Lipinski definition) is 1. The number of rotatable bonds is 6. The van der Waals surface area contributed by atoms with E-state index in [1.165, 1.54) is 5.56 Å². The standard InChI is InChI=1S/C14H21NO2/c1-2-16-10-8-15-11-12-7-9-17-14-6-4-3-5-13(12)14/h3-6,12,15H,2,7-11H2,1H3. The fourth-order valence-corrected chi connectivity index (χ4v) is 2.19. The van der Waals surface area contributed by atoms with Gasteiger partial charge in [-0.05, 0) is 25.0 Å². The van der Waals surface area contributed by atoms with Crippen LogP contribution in [0.2, 0.25) is 0 Å². The molecule has 17 heavy (non-hydrogen) atoms. The lowest BCUT2D eigenvalue weighted by Crippen LogP contribution is -2.28. The minimum atomic E-state index is 0.571. The van der Waals surface area contributed by atoms with Gasteiger partial charge in [0.05, 0.1) is 13.2 Å². The Hall–Kier alpha value is -1.06. The molecule has 1 heterocycles. The van der Waals surface area contributed by atoms with Gasteiger partial charge < -0.3 is 14.8 Å². The SMILES string of the molecule is CCOCCNCC1CCOc2ccccc21. The number of ether oxygens (including phenoxy) is 2. The molecule has 0 aliphatic carbocycles.